The molecule has 2 fully saturated rings. The third-order valence-electron chi connectivity index (χ3n) is 10.4. The molecule has 0 spiro atoms. The lowest BCUT2D eigenvalue weighted by Crippen LogP contribution is -2.54. The molecule has 14 nitrogen and oxygen atoms in total. The van der Waals surface area contributed by atoms with Crippen molar-refractivity contribution in [2.75, 3.05) is 74.6 Å². The minimum absolute atomic E-state index is 0.0248. The van der Waals surface area contributed by atoms with Crippen molar-refractivity contribution in [2.45, 2.75) is 83.2 Å². The number of carboxylic acids is 1. The van der Waals surface area contributed by atoms with Gasteiger partial charge in [-0.1, -0.05) is 57.5 Å². The summed E-state index contributed by atoms with van der Waals surface area (Å²) in [4.78, 5) is 65.5. The van der Waals surface area contributed by atoms with E-state index in [0.717, 1.165) is 50.5 Å². The van der Waals surface area contributed by atoms with E-state index in [0.29, 0.717) is 13.0 Å². The molecule has 7 atom stereocenters. The first-order valence-electron chi connectivity index (χ1n) is 18.2. The van der Waals surface area contributed by atoms with Crippen molar-refractivity contribution in [1.82, 2.24) is 30.2 Å². The normalized spacial score (nSPS) is 20.2. The number of nitrogens with one attached hydrogen (secondary N) is 2. The lowest BCUT2D eigenvalue weighted by atomic mass is 9.90. The Hall–Kier alpha value is -3.75. The summed E-state index contributed by atoms with van der Waals surface area (Å²) >= 11 is 0. The molecule has 3 amide bonds. The Kier molecular flexibility index (Phi) is 16.6. The van der Waals surface area contributed by atoms with Crippen LogP contribution in [0, 0.1) is 11.8 Å². The zero-order chi connectivity index (χ0) is 37.7. The number of carboxylic acid groups (broad SMARTS) is 1. The second-order valence-corrected chi connectivity index (χ2v) is 14.0. The molecular weight excluding hydrogens is 654 g/mol. The summed E-state index contributed by atoms with van der Waals surface area (Å²) in [6.07, 6.45) is 1.10. The summed E-state index contributed by atoms with van der Waals surface area (Å²) in [5.74, 6) is -1.81. The summed E-state index contributed by atoms with van der Waals surface area (Å²) < 4.78 is 11.8. The zero-order valence-corrected chi connectivity index (χ0v) is 31.8. The number of amides is 3. The number of nitrogens with zero attached hydrogens (tertiary/aromatic N) is 5. The maximum Gasteiger partial charge on any atom is 0.326 e. The highest BCUT2D eigenvalue weighted by Gasteiger charge is 2.42. The molecule has 0 bridgehead atoms. The minimum atomic E-state index is -1.12. The number of guanidine groups is 1. The number of aliphatic imine (C=N–C) groups is 1. The molecule has 1 aromatic rings. The Bertz CT molecular complexity index is 1310. The maximum atomic E-state index is 14.1. The average molecular weight is 716 g/mol. The third-order valence-corrected chi connectivity index (χ3v) is 10.4. The molecule has 1 aromatic carbocycles. The fourth-order valence-electron chi connectivity index (χ4n) is 7.32. The topological polar surface area (TPSA) is 156 Å². The number of rotatable bonds is 17. The number of methoxy groups -OCH3 is 2. The Morgan fingerprint density at radius 1 is 1.04 bits per heavy atom. The quantitative estimate of drug-likeness (QED) is 0.160. The number of aliphatic carboxylic acids is 1. The lowest BCUT2D eigenvalue weighted by molar-refractivity contribution is -0.146. The van der Waals surface area contributed by atoms with Gasteiger partial charge in [0.1, 0.15) is 12.6 Å². The molecule has 6 unspecified atom stereocenters. The van der Waals surface area contributed by atoms with E-state index < -0.39 is 36.0 Å². The zero-order valence-electron chi connectivity index (χ0n) is 31.8. The van der Waals surface area contributed by atoms with Gasteiger partial charge in [-0.2, -0.15) is 0 Å². The number of piperazine rings is 1. The largest absolute Gasteiger partial charge is 0.480 e. The molecule has 3 rings (SSSR count). The Labute approximate surface area is 303 Å². The van der Waals surface area contributed by atoms with Crippen LogP contribution in [0.1, 0.15) is 52.0 Å². The Morgan fingerprint density at radius 3 is 2.27 bits per heavy atom. The van der Waals surface area contributed by atoms with Crippen LogP contribution in [0.4, 0.5) is 0 Å². The third kappa shape index (κ3) is 11.4. The van der Waals surface area contributed by atoms with E-state index in [4.69, 9.17) is 14.5 Å². The molecule has 0 aromatic heterocycles. The molecule has 0 saturated carbocycles. The van der Waals surface area contributed by atoms with Crippen LogP contribution in [0.15, 0.2) is 35.3 Å². The lowest BCUT2D eigenvalue weighted by Gasteiger charge is -2.39. The standard InChI is InChI=1S/C37H61N7O7/c1-9-25(2)33(42(6)32(46)24-39-37(41(4)5)43-20-17-38-18-21-43)30(50-7)23-31(45)44-19-13-16-29(44)34(51-8)26(3)35(47)40-28(36(48)49)22-27-14-11-10-12-15-27/h10-12,14-15,25-26,28-30,33-34,38H,9,13,16-24H2,1-8H3,(H,40,47)(H,48,49)/t25?,26?,28-,29?,30?,33?,34?/m0/s1. The number of likely N-dealkylation sites (N-methyl/N-ethyl adjacent to an activating group) is 1. The summed E-state index contributed by atoms with van der Waals surface area (Å²) in [5.41, 5.74) is 0.797. The fourth-order valence-corrected chi connectivity index (χ4v) is 7.32. The van der Waals surface area contributed by atoms with Crippen LogP contribution in [0.2, 0.25) is 0 Å². The molecule has 14 heteroatoms. The monoisotopic (exact) mass is 715 g/mol. The molecule has 2 aliphatic rings. The highest BCUT2D eigenvalue weighted by molar-refractivity contribution is 5.86. The fraction of sp³-hybridized carbons (Fsp3) is 0.703. The second-order valence-electron chi connectivity index (χ2n) is 14.0. The van der Waals surface area contributed by atoms with Crippen LogP contribution in [-0.2, 0) is 35.1 Å². The van der Waals surface area contributed by atoms with E-state index in [1.807, 2.05) is 49.3 Å². The predicted molar refractivity (Wildman–Crippen MR) is 196 cm³/mol. The molecule has 2 aliphatic heterocycles. The Balaban J connectivity index is 1.72. The van der Waals surface area contributed by atoms with Gasteiger partial charge in [0.25, 0.3) is 0 Å². The van der Waals surface area contributed by atoms with Crippen molar-refractivity contribution in [3.63, 3.8) is 0 Å². The summed E-state index contributed by atoms with van der Waals surface area (Å²) in [6.45, 7) is 9.62. The molecule has 2 saturated heterocycles. The first-order chi connectivity index (χ1) is 24.3. The van der Waals surface area contributed by atoms with Gasteiger partial charge in [0.15, 0.2) is 5.96 Å². The first-order valence-corrected chi connectivity index (χ1v) is 18.2. The molecule has 286 valence electrons. The molecule has 0 radical (unpaired) electrons. The SMILES string of the molecule is CCC(C)C(C(CC(=O)N1CCCC1C(OC)C(C)C(=O)N[C@@H](Cc1ccccc1)C(=O)O)OC)N(C)C(=O)CN=C(N(C)C)N1CCNCC1. The number of carbonyl (C=O) groups excluding carboxylic acids is 3. The molecule has 0 aliphatic carbocycles. The van der Waals surface area contributed by atoms with Crippen LogP contribution < -0.4 is 10.6 Å². The van der Waals surface area contributed by atoms with Gasteiger partial charge in [0, 0.05) is 74.5 Å². The van der Waals surface area contributed by atoms with Gasteiger partial charge in [-0.15, -0.1) is 0 Å². The van der Waals surface area contributed by atoms with Gasteiger partial charge in [-0.05, 0) is 24.3 Å². The molecule has 3 N–H and O–H groups in total. The van der Waals surface area contributed by atoms with E-state index >= 15 is 0 Å². The number of carbonyl (C=O) groups is 4. The van der Waals surface area contributed by atoms with Gasteiger partial charge in [-0.25, -0.2) is 9.79 Å². The van der Waals surface area contributed by atoms with Crippen LogP contribution >= 0.6 is 0 Å². The van der Waals surface area contributed by atoms with Gasteiger partial charge in [-0.3, -0.25) is 14.4 Å². The summed E-state index contributed by atoms with van der Waals surface area (Å²) in [5, 5.41) is 15.9. The van der Waals surface area contributed by atoms with Crippen molar-refractivity contribution >= 4 is 29.7 Å². The van der Waals surface area contributed by atoms with Crippen molar-refractivity contribution in [3.8, 4) is 0 Å². The maximum absolute atomic E-state index is 14.1. The molecular formula is C37H61N7O7. The smallest absolute Gasteiger partial charge is 0.326 e. The van der Waals surface area contributed by atoms with Gasteiger partial charge in [0.05, 0.1) is 36.6 Å². The van der Waals surface area contributed by atoms with E-state index in [1.54, 1.807) is 30.9 Å². The van der Waals surface area contributed by atoms with Crippen LogP contribution in [0.5, 0.6) is 0 Å². The van der Waals surface area contributed by atoms with Crippen LogP contribution in [-0.4, -0.2) is 159 Å². The Morgan fingerprint density at radius 2 is 1.71 bits per heavy atom. The highest BCUT2D eigenvalue weighted by Crippen LogP contribution is 2.29. The second kappa shape index (κ2) is 20.3. The van der Waals surface area contributed by atoms with E-state index in [1.165, 1.54) is 7.11 Å². The molecule has 2 heterocycles. The number of benzene rings is 1. The minimum Gasteiger partial charge on any atom is -0.480 e. The highest BCUT2D eigenvalue weighted by atomic mass is 16.5. The van der Waals surface area contributed by atoms with Gasteiger partial charge in [0.2, 0.25) is 17.7 Å². The van der Waals surface area contributed by atoms with Gasteiger partial charge < -0.3 is 44.8 Å². The van der Waals surface area contributed by atoms with Crippen molar-refractivity contribution in [3.05, 3.63) is 35.9 Å². The van der Waals surface area contributed by atoms with Gasteiger partial charge >= 0.3 is 5.97 Å². The van der Waals surface area contributed by atoms with E-state index in [-0.39, 0.29) is 49.2 Å². The van der Waals surface area contributed by atoms with Crippen molar-refractivity contribution in [2.24, 2.45) is 16.8 Å². The van der Waals surface area contributed by atoms with Crippen LogP contribution in [0.3, 0.4) is 0 Å². The number of likely N-dealkylation sites (tertiary alicyclic amines) is 1. The number of ether oxygens (including phenoxy) is 2. The van der Waals surface area contributed by atoms with E-state index in [9.17, 15) is 24.3 Å². The van der Waals surface area contributed by atoms with Crippen molar-refractivity contribution in [1.29, 1.82) is 0 Å². The summed E-state index contributed by atoms with van der Waals surface area (Å²) in [6, 6.07) is 7.27. The van der Waals surface area contributed by atoms with E-state index in [2.05, 4.69) is 29.4 Å². The first kappa shape index (κ1) is 41.7. The predicted octanol–water partition coefficient (Wildman–Crippen LogP) is 1.54. The van der Waals surface area contributed by atoms with Crippen molar-refractivity contribution < 1.29 is 33.8 Å². The average Bonchev–Trinajstić information content (AvgIpc) is 3.61. The number of hydrogen-bond donors (Lipinski definition) is 3. The van der Waals surface area contributed by atoms with Crippen LogP contribution in [0.25, 0.3) is 0 Å². The molecule has 51 heavy (non-hydrogen) atoms. The summed E-state index contributed by atoms with van der Waals surface area (Å²) in [7, 11) is 8.69. The number of hydrogen-bond acceptors (Lipinski definition) is 8.